The molecule has 16 heavy (non-hydrogen) atoms. The fourth-order valence-electron chi connectivity index (χ4n) is 1.65. The summed E-state index contributed by atoms with van der Waals surface area (Å²) in [5, 5.41) is 0. The van der Waals surface area contributed by atoms with Crippen LogP contribution in [-0.4, -0.2) is 29.7 Å². The van der Waals surface area contributed by atoms with Crippen molar-refractivity contribution in [2.24, 2.45) is 4.99 Å². The number of ether oxygens (including phenoxy) is 1. The highest BCUT2D eigenvalue weighted by Crippen LogP contribution is 2.18. The Morgan fingerprint density at radius 3 is 2.75 bits per heavy atom. The number of hydrogen-bond donors (Lipinski definition) is 0. The number of aliphatic imine (C=N–C) groups is 1. The summed E-state index contributed by atoms with van der Waals surface area (Å²) in [6, 6.07) is 0. The van der Waals surface area contributed by atoms with Gasteiger partial charge in [0.25, 0.3) is 0 Å². The Hall–Kier alpha value is -1.58. The van der Waals surface area contributed by atoms with Gasteiger partial charge < -0.3 is 9.64 Å². The minimum atomic E-state index is -0.345. The molecule has 0 atom stereocenters. The van der Waals surface area contributed by atoms with E-state index in [1.807, 2.05) is 31.7 Å². The van der Waals surface area contributed by atoms with Crippen molar-refractivity contribution >= 4 is 11.7 Å². The van der Waals surface area contributed by atoms with Crippen LogP contribution in [0.1, 0.15) is 27.7 Å². The van der Waals surface area contributed by atoms with Gasteiger partial charge in [0.1, 0.15) is 5.82 Å². The monoisotopic (exact) mass is 222 g/mol. The summed E-state index contributed by atoms with van der Waals surface area (Å²) >= 11 is 0. The molecule has 0 unspecified atom stereocenters. The molecule has 0 saturated carbocycles. The maximum absolute atomic E-state index is 11.4. The molecular formula is C12H18N2O2. The Morgan fingerprint density at radius 1 is 1.50 bits per heavy atom. The lowest BCUT2D eigenvalue weighted by Crippen LogP contribution is -2.24. The zero-order valence-electron chi connectivity index (χ0n) is 10.3. The molecule has 1 rings (SSSR count). The van der Waals surface area contributed by atoms with Gasteiger partial charge in [0.2, 0.25) is 0 Å². The summed E-state index contributed by atoms with van der Waals surface area (Å²) in [5.74, 6) is 0.306. The van der Waals surface area contributed by atoms with E-state index in [0.717, 1.165) is 18.0 Å². The van der Waals surface area contributed by atoms with Gasteiger partial charge in [-0.25, -0.2) is 9.79 Å². The molecule has 0 aliphatic carbocycles. The van der Waals surface area contributed by atoms with Crippen molar-refractivity contribution in [1.29, 1.82) is 0 Å². The fraction of sp³-hybridized carbons (Fsp3) is 0.500. The van der Waals surface area contributed by atoms with Gasteiger partial charge in [0.05, 0.1) is 12.7 Å². The van der Waals surface area contributed by atoms with Crippen molar-refractivity contribution in [2.45, 2.75) is 27.7 Å². The first kappa shape index (κ1) is 12.5. The van der Waals surface area contributed by atoms with Crippen molar-refractivity contribution in [3.63, 3.8) is 0 Å². The minimum absolute atomic E-state index is 0.345. The van der Waals surface area contributed by atoms with Crippen LogP contribution in [0.5, 0.6) is 0 Å². The second-order valence-corrected chi connectivity index (χ2v) is 3.54. The highest BCUT2D eigenvalue weighted by atomic mass is 16.5. The molecule has 0 bridgehead atoms. The van der Waals surface area contributed by atoms with Gasteiger partial charge in [-0.2, -0.15) is 0 Å². The molecular weight excluding hydrogens is 204 g/mol. The third-order valence-corrected chi connectivity index (χ3v) is 2.26. The van der Waals surface area contributed by atoms with Gasteiger partial charge in [0, 0.05) is 18.0 Å². The normalized spacial score (nSPS) is 18.2. The quantitative estimate of drug-likeness (QED) is 0.542. The van der Waals surface area contributed by atoms with Crippen molar-refractivity contribution in [1.82, 2.24) is 4.90 Å². The van der Waals surface area contributed by atoms with Crippen molar-refractivity contribution in [3.05, 3.63) is 23.7 Å². The van der Waals surface area contributed by atoms with Crippen molar-refractivity contribution in [3.8, 4) is 0 Å². The molecule has 0 fully saturated rings. The van der Waals surface area contributed by atoms with E-state index >= 15 is 0 Å². The molecule has 4 nitrogen and oxygen atoms in total. The first-order chi connectivity index (χ1) is 7.58. The van der Waals surface area contributed by atoms with Gasteiger partial charge >= 0.3 is 5.97 Å². The smallest absolute Gasteiger partial charge is 0.334 e. The Labute approximate surface area is 96.3 Å². The van der Waals surface area contributed by atoms with E-state index in [4.69, 9.17) is 4.74 Å². The molecule has 0 spiro atoms. The first-order valence-electron chi connectivity index (χ1n) is 5.48. The minimum Gasteiger partial charge on any atom is -0.463 e. The molecule has 1 heterocycles. The number of rotatable bonds is 3. The lowest BCUT2D eigenvalue weighted by Gasteiger charge is -2.27. The summed E-state index contributed by atoms with van der Waals surface area (Å²) in [6.07, 6.45) is 3.43. The zero-order chi connectivity index (χ0) is 12.1. The van der Waals surface area contributed by atoms with Crippen LogP contribution in [0, 0.1) is 0 Å². The molecule has 0 amide bonds. The molecule has 0 aromatic heterocycles. The van der Waals surface area contributed by atoms with E-state index in [2.05, 4.69) is 4.99 Å². The highest BCUT2D eigenvalue weighted by molar-refractivity contribution is 5.95. The topological polar surface area (TPSA) is 41.9 Å². The van der Waals surface area contributed by atoms with Crippen LogP contribution in [0.4, 0.5) is 0 Å². The van der Waals surface area contributed by atoms with Gasteiger partial charge in [-0.05, 0) is 33.8 Å². The van der Waals surface area contributed by atoms with Crippen LogP contribution < -0.4 is 0 Å². The Balaban J connectivity index is 2.94. The molecule has 4 heteroatoms. The van der Waals surface area contributed by atoms with Crippen LogP contribution in [0.2, 0.25) is 0 Å². The molecule has 88 valence electrons. The average Bonchev–Trinajstić information content (AvgIpc) is 2.17. The van der Waals surface area contributed by atoms with Crippen molar-refractivity contribution < 1.29 is 9.53 Å². The second kappa shape index (κ2) is 5.49. The predicted molar refractivity (Wildman–Crippen MR) is 64.0 cm³/mol. The van der Waals surface area contributed by atoms with Gasteiger partial charge in [-0.15, -0.1) is 0 Å². The summed E-state index contributed by atoms with van der Waals surface area (Å²) in [7, 11) is 0. The molecule has 0 aromatic rings. The number of carbonyl (C=O) groups excluding carboxylic acids is 1. The van der Waals surface area contributed by atoms with Crippen molar-refractivity contribution in [2.75, 3.05) is 13.2 Å². The third kappa shape index (κ3) is 2.95. The van der Waals surface area contributed by atoms with Crippen LogP contribution >= 0.6 is 0 Å². The molecule has 1 aliphatic rings. The van der Waals surface area contributed by atoms with E-state index in [1.54, 1.807) is 6.92 Å². The molecule has 0 saturated heterocycles. The maximum Gasteiger partial charge on any atom is 0.334 e. The van der Waals surface area contributed by atoms with Gasteiger partial charge in [-0.3, -0.25) is 0 Å². The predicted octanol–water partition coefficient (Wildman–Crippen LogP) is 2.09. The summed E-state index contributed by atoms with van der Waals surface area (Å²) in [5.41, 5.74) is 1.99. The fourth-order valence-corrected chi connectivity index (χ4v) is 1.65. The van der Waals surface area contributed by atoms with E-state index in [-0.39, 0.29) is 5.97 Å². The largest absolute Gasteiger partial charge is 0.463 e. The molecule has 0 radical (unpaired) electrons. The van der Waals surface area contributed by atoms with Crippen LogP contribution in [-0.2, 0) is 9.53 Å². The third-order valence-electron chi connectivity index (χ3n) is 2.26. The summed E-state index contributed by atoms with van der Waals surface area (Å²) in [4.78, 5) is 17.7. The Bertz CT molecular complexity index is 367. The van der Waals surface area contributed by atoms with Gasteiger partial charge in [-0.1, -0.05) is 0 Å². The number of nitrogens with zero attached hydrogens (tertiary/aromatic N) is 2. The van der Waals surface area contributed by atoms with E-state index < -0.39 is 0 Å². The molecule has 1 aliphatic heterocycles. The highest BCUT2D eigenvalue weighted by Gasteiger charge is 2.15. The van der Waals surface area contributed by atoms with E-state index in [1.165, 1.54) is 6.08 Å². The Kier molecular flexibility index (Phi) is 4.28. The van der Waals surface area contributed by atoms with Crippen LogP contribution in [0.15, 0.2) is 28.7 Å². The number of hydrogen-bond acceptors (Lipinski definition) is 4. The number of carbonyl (C=O) groups is 1. The number of esters is 1. The Morgan fingerprint density at radius 2 is 2.19 bits per heavy atom. The maximum atomic E-state index is 11.4. The van der Waals surface area contributed by atoms with E-state index in [0.29, 0.717) is 12.4 Å². The second-order valence-electron chi connectivity index (χ2n) is 3.54. The summed E-state index contributed by atoms with van der Waals surface area (Å²) < 4.78 is 4.88. The zero-order valence-corrected chi connectivity index (χ0v) is 10.3. The lowest BCUT2D eigenvalue weighted by molar-refractivity contribution is -0.137. The summed E-state index contributed by atoms with van der Waals surface area (Å²) in [6.45, 7) is 8.88. The lowest BCUT2D eigenvalue weighted by atomic mass is 10.2. The molecule has 0 N–H and O–H groups in total. The first-order valence-corrected chi connectivity index (χ1v) is 5.48. The SMILES string of the molecule is CCOC(=O)/C=C1\N=C(C)C=C(C)N1CC. The van der Waals surface area contributed by atoms with E-state index in [9.17, 15) is 4.79 Å². The van der Waals surface area contributed by atoms with Crippen LogP contribution in [0.25, 0.3) is 0 Å². The molecule has 0 aromatic carbocycles. The average molecular weight is 222 g/mol. The van der Waals surface area contributed by atoms with Crippen LogP contribution in [0.3, 0.4) is 0 Å². The number of allylic oxidation sites excluding steroid dienone is 2. The standard InChI is InChI=1S/C12H18N2O2/c1-5-14-10(4)7-9(3)13-11(14)8-12(15)16-6-2/h7-8H,5-6H2,1-4H3/b11-8+. The van der Waals surface area contributed by atoms with Gasteiger partial charge in [0.15, 0.2) is 0 Å².